The van der Waals surface area contributed by atoms with E-state index in [1.54, 1.807) is 23.1 Å². The number of nitrogens with zero attached hydrogens (tertiary/aromatic N) is 5. The Morgan fingerprint density at radius 3 is 2.80 bits per heavy atom. The summed E-state index contributed by atoms with van der Waals surface area (Å²) in [5.74, 6) is -0.444. The second-order valence-electron chi connectivity index (χ2n) is 7.78. The van der Waals surface area contributed by atoms with E-state index in [1.165, 1.54) is 6.07 Å². The Labute approximate surface area is 172 Å². The zero-order chi connectivity index (χ0) is 20.7. The molecule has 2 N–H and O–H groups in total. The van der Waals surface area contributed by atoms with Crippen LogP contribution in [0.5, 0.6) is 0 Å². The molecule has 30 heavy (non-hydrogen) atoms. The highest BCUT2D eigenvalue weighted by atomic mass is 19.1. The van der Waals surface area contributed by atoms with Crippen molar-refractivity contribution in [2.45, 2.75) is 44.1 Å². The van der Waals surface area contributed by atoms with Crippen LogP contribution in [0.15, 0.2) is 42.9 Å². The van der Waals surface area contributed by atoms with Crippen LogP contribution >= 0.6 is 0 Å². The minimum Gasteiger partial charge on any atom is -0.372 e. The lowest BCUT2D eigenvalue weighted by atomic mass is 9.96. The predicted octanol–water partition coefficient (Wildman–Crippen LogP) is 2.50. The van der Waals surface area contributed by atoms with E-state index in [-0.39, 0.29) is 11.6 Å². The first kappa shape index (κ1) is 19.2. The molecule has 0 radical (unpaired) electrons. The van der Waals surface area contributed by atoms with Gasteiger partial charge in [0.1, 0.15) is 17.7 Å². The van der Waals surface area contributed by atoms with Crippen molar-refractivity contribution in [2.75, 3.05) is 6.61 Å². The molecule has 0 bridgehead atoms. The van der Waals surface area contributed by atoms with Gasteiger partial charge in [0.25, 0.3) is 5.95 Å². The number of ether oxygens (including phenoxy) is 1. The Bertz CT molecular complexity index is 1040. The maximum Gasteiger partial charge on any atom is 0.250 e. The molecular formula is C21H22F2N6O. The molecule has 3 unspecified atom stereocenters. The lowest BCUT2D eigenvalue weighted by molar-refractivity contribution is 0.0430. The van der Waals surface area contributed by atoms with E-state index >= 15 is 0 Å². The van der Waals surface area contributed by atoms with Gasteiger partial charge in [-0.25, -0.2) is 23.4 Å². The van der Waals surface area contributed by atoms with Gasteiger partial charge in [-0.1, -0.05) is 0 Å². The highest BCUT2D eigenvalue weighted by Gasteiger charge is 2.35. The van der Waals surface area contributed by atoms with Crippen LogP contribution in [0.1, 0.15) is 35.8 Å². The molecule has 3 aromatic rings. The van der Waals surface area contributed by atoms with E-state index in [9.17, 15) is 8.78 Å². The summed E-state index contributed by atoms with van der Waals surface area (Å²) in [6.07, 6.45) is 5.96. The second-order valence-corrected chi connectivity index (χ2v) is 7.78. The van der Waals surface area contributed by atoms with Crippen molar-refractivity contribution in [2.24, 2.45) is 5.73 Å². The van der Waals surface area contributed by atoms with E-state index in [0.717, 1.165) is 36.4 Å². The Morgan fingerprint density at radius 2 is 1.97 bits per heavy atom. The SMILES string of the molecule is NC1CC(N2Cc3cnn(-c4ncccn4)c3C2)CCOC1c1cc(F)ccc1F. The molecule has 1 aromatic carbocycles. The number of fused-ring (bicyclic) bond motifs is 1. The van der Waals surface area contributed by atoms with Crippen LogP contribution in [0.25, 0.3) is 5.95 Å². The lowest BCUT2D eigenvalue weighted by Gasteiger charge is -2.28. The van der Waals surface area contributed by atoms with Crippen molar-refractivity contribution in [1.29, 1.82) is 0 Å². The maximum atomic E-state index is 14.3. The molecule has 5 rings (SSSR count). The van der Waals surface area contributed by atoms with Gasteiger partial charge < -0.3 is 10.5 Å². The van der Waals surface area contributed by atoms with E-state index < -0.39 is 23.8 Å². The molecule has 2 aliphatic heterocycles. The molecule has 1 fully saturated rings. The molecule has 2 aliphatic rings. The predicted molar refractivity (Wildman–Crippen MR) is 104 cm³/mol. The molecule has 2 aromatic heterocycles. The van der Waals surface area contributed by atoms with Crippen molar-refractivity contribution in [3.8, 4) is 5.95 Å². The monoisotopic (exact) mass is 412 g/mol. The number of hydrogen-bond donors (Lipinski definition) is 1. The normalized spacial score (nSPS) is 24.6. The first-order valence-electron chi connectivity index (χ1n) is 9.99. The van der Waals surface area contributed by atoms with Crippen molar-refractivity contribution in [3.05, 3.63) is 71.3 Å². The molecule has 0 saturated carbocycles. The molecule has 0 aliphatic carbocycles. The molecule has 0 spiro atoms. The Hall–Kier alpha value is -2.75. The van der Waals surface area contributed by atoms with E-state index in [0.29, 0.717) is 25.5 Å². The summed E-state index contributed by atoms with van der Waals surface area (Å²) in [6.45, 7) is 1.88. The topological polar surface area (TPSA) is 82.1 Å². The Kier molecular flexibility index (Phi) is 5.01. The molecular weight excluding hydrogens is 390 g/mol. The molecule has 0 amide bonds. The van der Waals surface area contributed by atoms with Crippen LogP contribution < -0.4 is 5.73 Å². The molecule has 156 valence electrons. The third kappa shape index (κ3) is 3.49. The van der Waals surface area contributed by atoms with Crippen LogP contribution in [0.3, 0.4) is 0 Å². The van der Waals surface area contributed by atoms with Gasteiger partial charge in [-0.15, -0.1) is 0 Å². The zero-order valence-corrected chi connectivity index (χ0v) is 16.3. The molecule has 1 saturated heterocycles. The van der Waals surface area contributed by atoms with Crippen molar-refractivity contribution >= 4 is 0 Å². The molecule has 4 heterocycles. The van der Waals surface area contributed by atoms with E-state index in [2.05, 4.69) is 20.0 Å². The minimum atomic E-state index is -0.663. The van der Waals surface area contributed by atoms with Crippen LogP contribution in [0.2, 0.25) is 0 Å². The second kappa shape index (κ2) is 7.82. The van der Waals surface area contributed by atoms with Gasteiger partial charge in [0.2, 0.25) is 0 Å². The van der Waals surface area contributed by atoms with Gasteiger partial charge in [-0.2, -0.15) is 5.10 Å². The summed E-state index contributed by atoms with van der Waals surface area (Å²) in [6, 6.07) is 4.90. The van der Waals surface area contributed by atoms with Gasteiger partial charge in [0.05, 0.1) is 11.9 Å². The van der Waals surface area contributed by atoms with Gasteiger partial charge >= 0.3 is 0 Å². The number of rotatable bonds is 3. The number of aromatic nitrogens is 4. The van der Waals surface area contributed by atoms with Crippen LogP contribution in [-0.4, -0.2) is 43.3 Å². The average Bonchev–Trinajstić information content (AvgIpc) is 3.28. The lowest BCUT2D eigenvalue weighted by Crippen LogP contribution is -2.38. The van der Waals surface area contributed by atoms with Gasteiger partial charge in [0, 0.05) is 55.3 Å². The van der Waals surface area contributed by atoms with Gasteiger partial charge in [-0.05, 0) is 37.1 Å². The number of benzene rings is 1. The van der Waals surface area contributed by atoms with E-state index in [1.807, 2.05) is 6.20 Å². The average molecular weight is 412 g/mol. The largest absolute Gasteiger partial charge is 0.372 e. The van der Waals surface area contributed by atoms with Crippen molar-refractivity contribution in [1.82, 2.24) is 24.6 Å². The fourth-order valence-corrected chi connectivity index (χ4v) is 4.40. The fraction of sp³-hybridized carbons (Fsp3) is 0.381. The highest BCUT2D eigenvalue weighted by Crippen LogP contribution is 2.34. The minimum absolute atomic E-state index is 0.166. The quantitative estimate of drug-likeness (QED) is 0.712. The maximum absolute atomic E-state index is 14.3. The molecule has 9 heteroatoms. The van der Waals surface area contributed by atoms with E-state index in [4.69, 9.17) is 10.5 Å². The van der Waals surface area contributed by atoms with Crippen LogP contribution in [0, 0.1) is 11.6 Å². The third-order valence-electron chi connectivity index (χ3n) is 5.89. The van der Waals surface area contributed by atoms with Crippen LogP contribution in [0.4, 0.5) is 8.78 Å². The van der Waals surface area contributed by atoms with Crippen LogP contribution in [-0.2, 0) is 17.8 Å². The summed E-state index contributed by atoms with van der Waals surface area (Å²) in [5, 5.41) is 4.43. The standard InChI is InChI=1S/C21H22F2N6O/c22-14-2-3-17(23)16(8-14)20-18(24)9-15(4-7-30-20)28-11-13-10-27-29(19(13)12-28)21-25-5-1-6-26-21/h1-3,5-6,8,10,15,18,20H,4,7,9,11-12,24H2. The number of halogens is 2. The van der Waals surface area contributed by atoms with Crippen molar-refractivity contribution < 1.29 is 13.5 Å². The summed E-state index contributed by atoms with van der Waals surface area (Å²) in [7, 11) is 0. The summed E-state index contributed by atoms with van der Waals surface area (Å²) >= 11 is 0. The third-order valence-corrected chi connectivity index (χ3v) is 5.89. The van der Waals surface area contributed by atoms with Gasteiger partial charge in [0.15, 0.2) is 0 Å². The highest BCUT2D eigenvalue weighted by molar-refractivity contribution is 5.28. The summed E-state index contributed by atoms with van der Waals surface area (Å²) < 4.78 is 35.6. The van der Waals surface area contributed by atoms with Crippen molar-refractivity contribution in [3.63, 3.8) is 0 Å². The number of hydrogen-bond acceptors (Lipinski definition) is 6. The van der Waals surface area contributed by atoms with Gasteiger partial charge in [-0.3, -0.25) is 4.90 Å². The fourth-order valence-electron chi connectivity index (χ4n) is 4.40. The molecule has 7 nitrogen and oxygen atoms in total. The Morgan fingerprint density at radius 1 is 1.13 bits per heavy atom. The summed E-state index contributed by atoms with van der Waals surface area (Å²) in [4.78, 5) is 10.9. The Balaban J connectivity index is 1.33. The first-order valence-corrected chi connectivity index (χ1v) is 9.99. The smallest absolute Gasteiger partial charge is 0.250 e. The summed E-state index contributed by atoms with van der Waals surface area (Å²) in [5.41, 5.74) is 8.79. The zero-order valence-electron chi connectivity index (χ0n) is 16.3. The number of nitrogens with two attached hydrogens (primary N) is 1. The first-order chi connectivity index (χ1) is 14.6. The molecule has 3 atom stereocenters.